The molecule has 0 radical (unpaired) electrons. The number of nitrogens with zero attached hydrogens (tertiary/aromatic N) is 4. The Hall–Kier alpha value is -3.24. The molecule has 0 unspecified atom stereocenters. The van der Waals surface area contributed by atoms with E-state index in [4.69, 9.17) is 9.47 Å². The summed E-state index contributed by atoms with van der Waals surface area (Å²) in [7, 11) is 3.95. The average Bonchev–Trinajstić information content (AvgIpc) is 3.34. The molecule has 1 amide bonds. The number of aromatic nitrogens is 1. The number of ether oxygens (including phenoxy) is 2. The molecule has 1 aromatic heterocycles. The van der Waals surface area contributed by atoms with Gasteiger partial charge in [-0.3, -0.25) is 19.8 Å². The molecule has 0 N–H and O–H groups in total. The lowest BCUT2D eigenvalue weighted by Gasteiger charge is -2.21. The molecule has 0 atom stereocenters. The van der Waals surface area contributed by atoms with Gasteiger partial charge in [-0.05, 0) is 39.2 Å². The maximum Gasteiger partial charge on any atom is 0.269 e. The van der Waals surface area contributed by atoms with Crippen LogP contribution in [-0.2, 0) is 0 Å². The van der Waals surface area contributed by atoms with E-state index < -0.39 is 4.92 Å². The Morgan fingerprint density at radius 3 is 2.53 bits per heavy atom. The van der Waals surface area contributed by atoms with Crippen LogP contribution in [0.5, 0.6) is 11.5 Å². The fourth-order valence-corrected chi connectivity index (χ4v) is 4.13. The van der Waals surface area contributed by atoms with Gasteiger partial charge in [0, 0.05) is 36.4 Å². The molecule has 2 heterocycles. The van der Waals surface area contributed by atoms with Crippen molar-refractivity contribution >= 4 is 38.3 Å². The number of nitro benzene ring substituents is 1. The first kappa shape index (κ1) is 20.0. The summed E-state index contributed by atoms with van der Waals surface area (Å²) >= 11 is 1.40. The third-order valence-electron chi connectivity index (χ3n) is 4.66. The van der Waals surface area contributed by atoms with Crippen LogP contribution in [0.15, 0.2) is 36.4 Å². The maximum absolute atomic E-state index is 13.2. The highest BCUT2D eigenvalue weighted by atomic mass is 32.1. The van der Waals surface area contributed by atoms with Gasteiger partial charge in [-0.25, -0.2) is 4.98 Å². The van der Waals surface area contributed by atoms with Crippen LogP contribution in [0.25, 0.3) is 10.2 Å². The number of carbonyl (C=O) groups is 1. The van der Waals surface area contributed by atoms with E-state index in [9.17, 15) is 14.9 Å². The van der Waals surface area contributed by atoms with E-state index in [1.165, 1.54) is 35.6 Å². The summed E-state index contributed by atoms with van der Waals surface area (Å²) in [4.78, 5) is 32.0. The number of anilines is 1. The van der Waals surface area contributed by atoms with E-state index in [2.05, 4.69) is 4.98 Å². The second kappa shape index (κ2) is 8.25. The lowest BCUT2D eigenvalue weighted by molar-refractivity contribution is -0.384. The molecule has 30 heavy (non-hydrogen) atoms. The van der Waals surface area contributed by atoms with Gasteiger partial charge in [-0.15, -0.1) is 0 Å². The number of non-ortho nitro benzene ring substituents is 1. The van der Waals surface area contributed by atoms with Crippen LogP contribution in [-0.4, -0.2) is 54.7 Å². The highest BCUT2D eigenvalue weighted by Crippen LogP contribution is 2.40. The Bertz CT molecular complexity index is 1060. The van der Waals surface area contributed by atoms with Crippen LogP contribution < -0.4 is 14.4 Å². The number of carbonyl (C=O) groups excluding carboxylic acids is 1. The SMILES string of the molecule is CN(C)CCCN(C(=O)c1ccc([N+](=O)[O-])cc1)c1nc2cc3c(cc2s1)OCO3. The summed E-state index contributed by atoms with van der Waals surface area (Å²) in [5.41, 5.74) is 1.05. The standard InChI is InChI=1S/C20H20N4O5S/c1-22(2)8-3-9-23(19(25)13-4-6-14(7-5-13)24(26)27)20-21-15-10-16-17(29-12-28-16)11-18(15)30-20/h4-7,10-11H,3,8-9,12H2,1-2H3. The Morgan fingerprint density at radius 1 is 1.17 bits per heavy atom. The number of nitro groups is 1. The van der Waals surface area contributed by atoms with Crippen LogP contribution in [0.4, 0.5) is 10.8 Å². The topological polar surface area (TPSA) is 98.0 Å². The minimum atomic E-state index is -0.486. The largest absolute Gasteiger partial charge is 0.454 e. The van der Waals surface area contributed by atoms with Crippen LogP contribution in [0.2, 0.25) is 0 Å². The van der Waals surface area contributed by atoms with Gasteiger partial charge in [0.2, 0.25) is 6.79 Å². The van der Waals surface area contributed by atoms with Gasteiger partial charge in [0.25, 0.3) is 11.6 Å². The van der Waals surface area contributed by atoms with Gasteiger partial charge in [-0.2, -0.15) is 0 Å². The summed E-state index contributed by atoms with van der Waals surface area (Å²) in [6.45, 7) is 1.47. The molecule has 0 bridgehead atoms. The first-order chi connectivity index (χ1) is 14.4. The molecule has 1 aliphatic rings. The minimum absolute atomic E-state index is 0.0554. The van der Waals surface area contributed by atoms with Gasteiger partial charge in [0.05, 0.1) is 15.1 Å². The molecule has 0 aliphatic carbocycles. The molecule has 9 nitrogen and oxygen atoms in total. The highest BCUT2D eigenvalue weighted by Gasteiger charge is 2.23. The summed E-state index contributed by atoms with van der Waals surface area (Å²) in [5, 5.41) is 11.5. The first-order valence-corrected chi connectivity index (χ1v) is 10.2. The van der Waals surface area contributed by atoms with Crippen LogP contribution in [0, 0.1) is 10.1 Å². The number of thiazole rings is 1. The van der Waals surface area contributed by atoms with E-state index in [1.807, 2.05) is 31.1 Å². The first-order valence-electron chi connectivity index (χ1n) is 9.33. The van der Waals surface area contributed by atoms with Crippen molar-refractivity contribution in [2.24, 2.45) is 0 Å². The van der Waals surface area contributed by atoms with E-state index in [1.54, 1.807) is 4.90 Å². The molecule has 2 aromatic carbocycles. The molecule has 0 fully saturated rings. The Morgan fingerprint density at radius 2 is 1.87 bits per heavy atom. The molecule has 0 saturated heterocycles. The van der Waals surface area contributed by atoms with Crippen molar-refractivity contribution in [3.05, 3.63) is 52.1 Å². The third-order valence-corrected chi connectivity index (χ3v) is 5.70. The van der Waals surface area contributed by atoms with Gasteiger partial charge >= 0.3 is 0 Å². The van der Waals surface area contributed by atoms with Crippen LogP contribution in [0.1, 0.15) is 16.8 Å². The molecule has 10 heteroatoms. The van der Waals surface area contributed by atoms with E-state index >= 15 is 0 Å². The monoisotopic (exact) mass is 428 g/mol. The summed E-state index contributed by atoms with van der Waals surface area (Å²) in [5.74, 6) is 1.06. The maximum atomic E-state index is 13.2. The second-order valence-corrected chi connectivity index (χ2v) is 8.10. The smallest absolute Gasteiger partial charge is 0.269 e. The number of hydrogen-bond acceptors (Lipinski definition) is 8. The Labute approximate surface area is 176 Å². The Kier molecular flexibility index (Phi) is 5.51. The zero-order valence-electron chi connectivity index (χ0n) is 16.5. The lowest BCUT2D eigenvalue weighted by atomic mass is 10.2. The van der Waals surface area contributed by atoms with Crippen molar-refractivity contribution in [2.45, 2.75) is 6.42 Å². The minimum Gasteiger partial charge on any atom is -0.454 e. The van der Waals surface area contributed by atoms with Crippen LogP contribution in [0.3, 0.4) is 0 Å². The number of amides is 1. The summed E-state index contributed by atoms with van der Waals surface area (Å²) in [6, 6.07) is 9.30. The van der Waals surface area contributed by atoms with Gasteiger partial charge < -0.3 is 14.4 Å². The van der Waals surface area contributed by atoms with Crippen molar-refractivity contribution in [3.8, 4) is 11.5 Å². The molecule has 156 valence electrons. The normalized spacial score (nSPS) is 12.5. The molecule has 3 aromatic rings. The van der Waals surface area contributed by atoms with E-state index in [0.29, 0.717) is 28.7 Å². The van der Waals surface area contributed by atoms with Gasteiger partial charge in [0.1, 0.15) is 0 Å². The van der Waals surface area contributed by atoms with Crippen molar-refractivity contribution in [3.63, 3.8) is 0 Å². The fourth-order valence-electron chi connectivity index (χ4n) is 3.13. The van der Waals surface area contributed by atoms with Crippen molar-refractivity contribution in [2.75, 3.05) is 38.9 Å². The zero-order valence-corrected chi connectivity index (χ0v) is 17.3. The molecule has 0 saturated carbocycles. The summed E-state index contributed by atoms with van der Waals surface area (Å²) < 4.78 is 11.7. The predicted molar refractivity (Wildman–Crippen MR) is 114 cm³/mol. The van der Waals surface area contributed by atoms with Crippen molar-refractivity contribution < 1.29 is 19.2 Å². The molecular weight excluding hydrogens is 408 g/mol. The van der Waals surface area contributed by atoms with Crippen LogP contribution >= 0.6 is 11.3 Å². The van der Waals surface area contributed by atoms with Crippen molar-refractivity contribution in [1.82, 2.24) is 9.88 Å². The molecular formula is C20H20N4O5S. The summed E-state index contributed by atoms with van der Waals surface area (Å²) in [6.07, 6.45) is 0.754. The second-order valence-electron chi connectivity index (χ2n) is 7.09. The number of rotatable bonds is 7. The lowest BCUT2D eigenvalue weighted by Crippen LogP contribution is -2.33. The molecule has 1 aliphatic heterocycles. The molecule has 4 rings (SSSR count). The predicted octanol–water partition coefficient (Wildman–Crippen LogP) is 3.53. The van der Waals surface area contributed by atoms with Crippen molar-refractivity contribution in [1.29, 1.82) is 0 Å². The van der Waals surface area contributed by atoms with E-state index in [0.717, 1.165) is 23.2 Å². The van der Waals surface area contributed by atoms with E-state index in [-0.39, 0.29) is 18.4 Å². The molecule has 0 spiro atoms. The average molecular weight is 428 g/mol. The zero-order chi connectivity index (χ0) is 21.3. The number of fused-ring (bicyclic) bond motifs is 2. The Balaban J connectivity index is 1.65. The van der Waals surface area contributed by atoms with Gasteiger partial charge in [0.15, 0.2) is 16.6 Å². The fraction of sp³-hybridized carbons (Fsp3) is 0.300. The highest BCUT2D eigenvalue weighted by molar-refractivity contribution is 7.22. The quantitative estimate of drug-likeness (QED) is 0.419. The van der Waals surface area contributed by atoms with Gasteiger partial charge in [-0.1, -0.05) is 11.3 Å². The third kappa shape index (κ3) is 4.05. The number of hydrogen-bond donors (Lipinski definition) is 0. The number of benzene rings is 2.